The summed E-state index contributed by atoms with van der Waals surface area (Å²) < 4.78 is 34.8. The molecule has 1 saturated carbocycles. The van der Waals surface area contributed by atoms with Crippen LogP contribution in [0.5, 0.6) is 0 Å². The SMILES string of the molecule is C=Cc1ccc(S(=O)(=O)OCC2CCC3OC3C2)cc1. The fourth-order valence-corrected chi connectivity index (χ4v) is 3.64. The Bertz CT molecular complexity index is 591. The van der Waals surface area contributed by atoms with Gasteiger partial charge in [-0.3, -0.25) is 4.18 Å². The van der Waals surface area contributed by atoms with Gasteiger partial charge in [-0.2, -0.15) is 8.42 Å². The van der Waals surface area contributed by atoms with Crippen molar-refractivity contribution in [3.05, 3.63) is 36.4 Å². The standard InChI is InChI=1S/C15H18O4S/c1-2-11-3-6-13(7-4-11)20(16,17)18-10-12-5-8-14-15(9-12)19-14/h2-4,6-7,12,14-15H,1,5,8-10H2. The second-order valence-electron chi connectivity index (χ2n) is 5.40. The largest absolute Gasteiger partial charge is 0.370 e. The highest BCUT2D eigenvalue weighted by atomic mass is 32.2. The van der Waals surface area contributed by atoms with E-state index in [2.05, 4.69) is 6.58 Å². The van der Waals surface area contributed by atoms with Crippen LogP contribution in [-0.2, 0) is 19.0 Å². The first-order valence-electron chi connectivity index (χ1n) is 6.86. The van der Waals surface area contributed by atoms with Crippen molar-refractivity contribution < 1.29 is 17.3 Å². The van der Waals surface area contributed by atoms with E-state index in [1.165, 1.54) is 0 Å². The van der Waals surface area contributed by atoms with Crippen molar-refractivity contribution in [2.24, 2.45) is 5.92 Å². The molecule has 3 rings (SSSR count). The smallest absolute Gasteiger partial charge is 0.296 e. The summed E-state index contributed by atoms with van der Waals surface area (Å²) in [4.78, 5) is 0.194. The molecule has 1 saturated heterocycles. The van der Waals surface area contributed by atoms with Crippen LogP contribution in [-0.4, -0.2) is 27.2 Å². The molecule has 1 aromatic carbocycles. The predicted molar refractivity (Wildman–Crippen MR) is 75.7 cm³/mol. The predicted octanol–water partition coefficient (Wildman–Crippen LogP) is 2.60. The summed E-state index contributed by atoms with van der Waals surface area (Å²) in [7, 11) is -3.66. The zero-order chi connectivity index (χ0) is 14.2. The van der Waals surface area contributed by atoms with Crippen molar-refractivity contribution in [1.29, 1.82) is 0 Å². The number of epoxide rings is 1. The zero-order valence-corrected chi connectivity index (χ0v) is 12.0. The molecule has 0 radical (unpaired) electrons. The number of ether oxygens (including phenoxy) is 1. The Hall–Kier alpha value is -1.17. The lowest BCUT2D eigenvalue weighted by Crippen LogP contribution is -2.20. The highest BCUT2D eigenvalue weighted by molar-refractivity contribution is 7.86. The van der Waals surface area contributed by atoms with E-state index in [1.807, 2.05) is 0 Å². The van der Waals surface area contributed by atoms with Crippen LogP contribution in [0.25, 0.3) is 6.08 Å². The van der Waals surface area contributed by atoms with Crippen molar-refractivity contribution in [3.63, 3.8) is 0 Å². The third-order valence-electron chi connectivity index (χ3n) is 3.98. The van der Waals surface area contributed by atoms with E-state index >= 15 is 0 Å². The first-order valence-corrected chi connectivity index (χ1v) is 8.27. The number of benzene rings is 1. The van der Waals surface area contributed by atoms with Gasteiger partial charge < -0.3 is 4.74 Å². The summed E-state index contributed by atoms with van der Waals surface area (Å²) in [6.07, 6.45) is 5.35. The molecular weight excluding hydrogens is 276 g/mol. The Balaban J connectivity index is 1.60. The molecule has 1 aliphatic heterocycles. The fourth-order valence-electron chi connectivity index (χ4n) is 2.66. The van der Waals surface area contributed by atoms with E-state index in [0.717, 1.165) is 24.8 Å². The summed E-state index contributed by atoms with van der Waals surface area (Å²) in [6.45, 7) is 3.89. The molecular formula is C15H18O4S. The topological polar surface area (TPSA) is 55.9 Å². The lowest BCUT2D eigenvalue weighted by Gasteiger charge is -2.18. The van der Waals surface area contributed by atoms with Gasteiger partial charge >= 0.3 is 0 Å². The van der Waals surface area contributed by atoms with Gasteiger partial charge in [-0.15, -0.1) is 0 Å². The molecule has 0 spiro atoms. The summed E-state index contributed by atoms with van der Waals surface area (Å²) in [5, 5.41) is 0. The molecule has 5 heteroatoms. The molecule has 1 aliphatic carbocycles. The average Bonchev–Trinajstić information content (AvgIpc) is 3.24. The van der Waals surface area contributed by atoms with Crippen molar-refractivity contribution in [1.82, 2.24) is 0 Å². The Labute approximate surface area is 119 Å². The molecule has 0 N–H and O–H groups in total. The van der Waals surface area contributed by atoms with Crippen molar-refractivity contribution in [2.75, 3.05) is 6.61 Å². The monoisotopic (exact) mass is 294 g/mol. The molecule has 1 aromatic rings. The van der Waals surface area contributed by atoms with Gasteiger partial charge in [-0.25, -0.2) is 0 Å². The molecule has 3 unspecified atom stereocenters. The third-order valence-corrected chi connectivity index (χ3v) is 5.27. The third kappa shape index (κ3) is 2.95. The maximum Gasteiger partial charge on any atom is 0.296 e. The molecule has 0 bridgehead atoms. The molecule has 4 nitrogen and oxygen atoms in total. The maximum atomic E-state index is 12.1. The molecule has 1 heterocycles. The van der Waals surface area contributed by atoms with Crippen LogP contribution in [0.2, 0.25) is 0 Å². The maximum absolute atomic E-state index is 12.1. The normalized spacial score (nSPS) is 28.7. The van der Waals surface area contributed by atoms with Crippen molar-refractivity contribution in [2.45, 2.75) is 36.4 Å². The van der Waals surface area contributed by atoms with Crippen molar-refractivity contribution in [3.8, 4) is 0 Å². The van der Waals surface area contributed by atoms with Gasteiger partial charge in [0.25, 0.3) is 10.1 Å². The first-order chi connectivity index (χ1) is 9.58. The van der Waals surface area contributed by atoms with Gasteiger partial charge in [0.05, 0.1) is 23.7 Å². The Morgan fingerprint density at radius 3 is 2.65 bits per heavy atom. The molecule has 0 amide bonds. The van der Waals surface area contributed by atoms with Gasteiger partial charge in [0.15, 0.2) is 0 Å². The lowest BCUT2D eigenvalue weighted by atomic mass is 9.90. The Morgan fingerprint density at radius 1 is 1.25 bits per heavy atom. The van der Waals surface area contributed by atoms with Crippen molar-refractivity contribution >= 4 is 16.2 Å². The van der Waals surface area contributed by atoms with Crippen LogP contribution in [0, 0.1) is 5.92 Å². The molecule has 2 fully saturated rings. The number of fused-ring (bicyclic) bond motifs is 1. The Morgan fingerprint density at radius 2 is 2.00 bits per heavy atom. The van der Waals surface area contributed by atoms with Crippen LogP contribution in [0.1, 0.15) is 24.8 Å². The van der Waals surface area contributed by atoms with E-state index in [0.29, 0.717) is 12.2 Å². The van der Waals surface area contributed by atoms with Gasteiger partial charge in [-0.05, 0) is 42.9 Å². The summed E-state index contributed by atoms with van der Waals surface area (Å²) in [5.41, 5.74) is 0.883. The minimum atomic E-state index is -3.66. The van der Waals surface area contributed by atoms with Gasteiger partial charge in [0.2, 0.25) is 0 Å². The number of hydrogen-bond acceptors (Lipinski definition) is 4. The molecule has 20 heavy (non-hydrogen) atoms. The summed E-state index contributed by atoms with van der Waals surface area (Å²) in [5.74, 6) is 0.279. The van der Waals surface area contributed by atoms with Crippen LogP contribution < -0.4 is 0 Å². The molecule has 108 valence electrons. The van der Waals surface area contributed by atoms with Crippen LogP contribution in [0.15, 0.2) is 35.7 Å². The van der Waals surface area contributed by atoms with Crippen LogP contribution >= 0.6 is 0 Å². The van der Waals surface area contributed by atoms with E-state index in [4.69, 9.17) is 8.92 Å². The second-order valence-corrected chi connectivity index (χ2v) is 7.02. The van der Waals surface area contributed by atoms with Gasteiger partial charge in [0, 0.05) is 0 Å². The van der Waals surface area contributed by atoms with Crippen LogP contribution in [0.4, 0.5) is 0 Å². The number of rotatable bonds is 5. The fraction of sp³-hybridized carbons (Fsp3) is 0.467. The first kappa shape index (κ1) is 13.8. The minimum Gasteiger partial charge on any atom is -0.370 e. The van der Waals surface area contributed by atoms with Gasteiger partial charge in [-0.1, -0.05) is 24.8 Å². The average molecular weight is 294 g/mol. The highest BCUT2D eigenvalue weighted by Crippen LogP contribution is 2.39. The van der Waals surface area contributed by atoms with E-state index in [1.54, 1.807) is 30.3 Å². The number of hydrogen-bond donors (Lipinski definition) is 0. The van der Waals surface area contributed by atoms with E-state index in [9.17, 15) is 8.42 Å². The summed E-state index contributed by atoms with van der Waals surface area (Å²) >= 11 is 0. The van der Waals surface area contributed by atoms with Gasteiger partial charge in [0.1, 0.15) is 0 Å². The lowest BCUT2D eigenvalue weighted by molar-refractivity contribution is 0.222. The minimum absolute atomic E-state index is 0.194. The second kappa shape index (κ2) is 5.31. The molecule has 0 aromatic heterocycles. The molecule has 3 atom stereocenters. The Kier molecular flexibility index (Phi) is 3.67. The molecule has 2 aliphatic rings. The van der Waals surface area contributed by atoms with E-state index < -0.39 is 10.1 Å². The van der Waals surface area contributed by atoms with E-state index in [-0.39, 0.29) is 17.4 Å². The zero-order valence-electron chi connectivity index (χ0n) is 11.2. The summed E-state index contributed by atoms with van der Waals surface area (Å²) in [6, 6.07) is 6.53. The quantitative estimate of drug-likeness (QED) is 0.619. The van der Waals surface area contributed by atoms with Crippen LogP contribution in [0.3, 0.4) is 0 Å². The highest BCUT2D eigenvalue weighted by Gasteiger charge is 2.44.